The van der Waals surface area contributed by atoms with Gasteiger partial charge in [0.25, 0.3) is 0 Å². The van der Waals surface area contributed by atoms with Gasteiger partial charge in [-0.2, -0.15) is 5.26 Å². The molecule has 1 unspecified atom stereocenters. The van der Waals surface area contributed by atoms with Crippen LogP contribution in [-0.2, 0) is 6.54 Å². The van der Waals surface area contributed by atoms with E-state index < -0.39 is 0 Å². The molecule has 1 N–H and O–H groups in total. The lowest BCUT2D eigenvalue weighted by Crippen LogP contribution is -2.25. The van der Waals surface area contributed by atoms with Crippen molar-refractivity contribution in [1.29, 1.82) is 5.26 Å². The van der Waals surface area contributed by atoms with Crippen molar-refractivity contribution in [2.24, 2.45) is 5.92 Å². The number of aromatic nitrogens is 1. The minimum Gasteiger partial charge on any atom is -0.312 e. The van der Waals surface area contributed by atoms with Crippen LogP contribution in [0.4, 0.5) is 0 Å². The number of pyridine rings is 1. The number of likely N-dealkylation sites (tertiary alicyclic amines) is 1. The molecule has 2 rings (SSSR count). The van der Waals surface area contributed by atoms with Gasteiger partial charge in [0.2, 0.25) is 0 Å². The summed E-state index contributed by atoms with van der Waals surface area (Å²) in [6.45, 7) is 4.12. The van der Waals surface area contributed by atoms with E-state index in [1.54, 1.807) is 6.20 Å². The molecule has 1 atom stereocenters. The molecule has 0 bridgehead atoms. The molecule has 1 aliphatic heterocycles. The largest absolute Gasteiger partial charge is 0.312 e. The summed E-state index contributed by atoms with van der Waals surface area (Å²) in [6.07, 6.45) is 2.93. The SMILES string of the molecule is CN1CCC(CNCc2cccnc2C#N)C1. The molecule has 0 amide bonds. The minimum absolute atomic E-state index is 0.531. The van der Waals surface area contributed by atoms with E-state index in [0.29, 0.717) is 5.69 Å². The number of nitrogens with zero attached hydrogens (tertiary/aromatic N) is 3. The molecule has 1 fully saturated rings. The molecule has 0 radical (unpaired) electrons. The smallest absolute Gasteiger partial charge is 0.144 e. The molecule has 1 saturated heterocycles. The molecule has 0 aliphatic carbocycles. The van der Waals surface area contributed by atoms with Gasteiger partial charge in [-0.15, -0.1) is 0 Å². The third-order valence-corrected chi connectivity index (χ3v) is 3.23. The maximum Gasteiger partial charge on any atom is 0.144 e. The maximum atomic E-state index is 8.92. The van der Waals surface area contributed by atoms with Crippen molar-refractivity contribution >= 4 is 0 Å². The topological polar surface area (TPSA) is 52.0 Å². The molecule has 1 aromatic heterocycles. The Morgan fingerprint density at radius 3 is 3.24 bits per heavy atom. The molecule has 17 heavy (non-hydrogen) atoms. The molecule has 0 saturated carbocycles. The van der Waals surface area contributed by atoms with Gasteiger partial charge in [-0.05, 0) is 38.5 Å². The first kappa shape index (κ1) is 12.0. The van der Waals surface area contributed by atoms with Crippen LogP contribution in [0, 0.1) is 17.2 Å². The average Bonchev–Trinajstić information content (AvgIpc) is 2.76. The van der Waals surface area contributed by atoms with Gasteiger partial charge in [0.1, 0.15) is 11.8 Å². The third kappa shape index (κ3) is 3.26. The third-order valence-electron chi connectivity index (χ3n) is 3.23. The molecular weight excluding hydrogens is 212 g/mol. The molecule has 0 spiro atoms. The van der Waals surface area contributed by atoms with Crippen molar-refractivity contribution < 1.29 is 0 Å². The van der Waals surface area contributed by atoms with E-state index in [1.807, 2.05) is 12.1 Å². The molecule has 90 valence electrons. The van der Waals surface area contributed by atoms with Crippen LogP contribution in [0.3, 0.4) is 0 Å². The molecule has 4 heteroatoms. The first-order valence-corrected chi connectivity index (χ1v) is 6.03. The van der Waals surface area contributed by atoms with Crippen molar-refractivity contribution in [2.45, 2.75) is 13.0 Å². The molecule has 0 aromatic carbocycles. The fraction of sp³-hybridized carbons (Fsp3) is 0.538. The van der Waals surface area contributed by atoms with E-state index in [4.69, 9.17) is 5.26 Å². The Morgan fingerprint density at radius 2 is 2.53 bits per heavy atom. The van der Waals surface area contributed by atoms with E-state index in [9.17, 15) is 0 Å². The molecule has 4 nitrogen and oxygen atoms in total. The number of hydrogen-bond donors (Lipinski definition) is 1. The average molecular weight is 230 g/mol. The normalized spacial score (nSPS) is 20.4. The minimum atomic E-state index is 0.531. The second-order valence-electron chi connectivity index (χ2n) is 4.67. The zero-order chi connectivity index (χ0) is 12.1. The Bertz CT molecular complexity index is 410. The zero-order valence-corrected chi connectivity index (χ0v) is 10.2. The van der Waals surface area contributed by atoms with E-state index in [2.05, 4.69) is 28.3 Å². The Hall–Kier alpha value is -1.44. The van der Waals surface area contributed by atoms with Crippen LogP contribution in [-0.4, -0.2) is 36.6 Å². The van der Waals surface area contributed by atoms with Crippen molar-refractivity contribution in [3.8, 4) is 6.07 Å². The fourth-order valence-corrected chi connectivity index (χ4v) is 2.29. The van der Waals surface area contributed by atoms with Gasteiger partial charge >= 0.3 is 0 Å². The number of nitrogens with one attached hydrogen (secondary N) is 1. The lowest BCUT2D eigenvalue weighted by atomic mass is 10.1. The molecular formula is C13H18N4. The van der Waals surface area contributed by atoms with Gasteiger partial charge in [-0.3, -0.25) is 0 Å². The first-order valence-electron chi connectivity index (χ1n) is 6.03. The van der Waals surface area contributed by atoms with Crippen molar-refractivity contribution in [1.82, 2.24) is 15.2 Å². The van der Waals surface area contributed by atoms with Crippen molar-refractivity contribution in [3.05, 3.63) is 29.6 Å². The predicted octanol–water partition coefficient (Wildman–Crippen LogP) is 0.995. The van der Waals surface area contributed by atoms with E-state index in [1.165, 1.54) is 19.5 Å². The fourth-order valence-electron chi connectivity index (χ4n) is 2.29. The molecule has 1 aromatic rings. The van der Waals surface area contributed by atoms with Crippen LogP contribution in [0.15, 0.2) is 18.3 Å². The Labute approximate surface area is 102 Å². The summed E-state index contributed by atoms with van der Waals surface area (Å²) in [5.74, 6) is 0.738. The predicted molar refractivity (Wildman–Crippen MR) is 66.3 cm³/mol. The van der Waals surface area contributed by atoms with Crippen molar-refractivity contribution in [3.63, 3.8) is 0 Å². The van der Waals surface area contributed by atoms with E-state index >= 15 is 0 Å². The summed E-state index contributed by atoms with van der Waals surface area (Å²) in [5.41, 5.74) is 1.52. The summed E-state index contributed by atoms with van der Waals surface area (Å²) < 4.78 is 0. The van der Waals surface area contributed by atoms with Gasteiger partial charge in [-0.25, -0.2) is 4.98 Å². The number of nitriles is 1. The van der Waals surface area contributed by atoms with Crippen LogP contribution in [0.1, 0.15) is 17.7 Å². The van der Waals surface area contributed by atoms with E-state index in [-0.39, 0.29) is 0 Å². The highest BCUT2D eigenvalue weighted by atomic mass is 15.1. The highest BCUT2D eigenvalue weighted by molar-refractivity contribution is 5.30. The van der Waals surface area contributed by atoms with Gasteiger partial charge in [-0.1, -0.05) is 6.07 Å². The van der Waals surface area contributed by atoms with Crippen LogP contribution in [0.25, 0.3) is 0 Å². The van der Waals surface area contributed by atoms with Gasteiger partial charge in [0, 0.05) is 24.8 Å². The maximum absolute atomic E-state index is 8.92. The Balaban J connectivity index is 1.80. The summed E-state index contributed by atoms with van der Waals surface area (Å²) in [5, 5.41) is 12.3. The molecule has 2 heterocycles. The Kier molecular flexibility index (Phi) is 4.08. The van der Waals surface area contributed by atoms with Crippen molar-refractivity contribution in [2.75, 3.05) is 26.7 Å². The standard InChI is InChI=1S/C13H18N4/c1-17-6-4-11(10-17)8-15-9-12-3-2-5-16-13(12)7-14/h2-3,5,11,15H,4,6,8-10H2,1H3. The summed E-state index contributed by atoms with van der Waals surface area (Å²) in [4.78, 5) is 6.41. The first-order chi connectivity index (χ1) is 8.29. The van der Waals surface area contributed by atoms with Gasteiger partial charge in [0.05, 0.1) is 0 Å². The zero-order valence-electron chi connectivity index (χ0n) is 10.2. The van der Waals surface area contributed by atoms with Crippen LogP contribution >= 0.6 is 0 Å². The second kappa shape index (κ2) is 5.76. The Morgan fingerprint density at radius 1 is 1.65 bits per heavy atom. The monoisotopic (exact) mass is 230 g/mol. The highest BCUT2D eigenvalue weighted by Crippen LogP contribution is 2.13. The second-order valence-corrected chi connectivity index (χ2v) is 4.67. The lowest BCUT2D eigenvalue weighted by molar-refractivity contribution is 0.388. The van der Waals surface area contributed by atoms with Gasteiger partial charge in [0.15, 0.2) is 0 Å². The van der Waals surface area contributed by atoms with Crippen LogP contribution in [0.2, 0.25) is 0 Å². The lowest BCUT2D eigenvalue weighted by Gasteiger charge is -2.11. The van der Waals surface area contributed by atoms with Gasteiger partial charge < -0.3 is 10.2 Å². The quantitative estimate of drug-likeness (QED) is 0.838. The number of hydrogen-bond acceptors (Lipinski definition) is 4. The van der Waals surface area contributed by atoms with Crippen LogP contribution < -0.4 is 5.32 Å². The highest BCUT2D eigenvalue weighted by Gasteiger charge is 2.18. The summed E-state index contributed by atoms with van der Waals surface area (Å²) in [6, 6.07) is 5.96. The van der Waals surface area contributed by atoms with E-state index in [0.717, 1.165) is 24.6 Å². The molecule has 1 aliphatic rings. The summed E-state index contributed by atoms with van der Waals surface area (Å²) >= 11 is 0. The van der Waals surface area contributed by atoms with Crippen LogP contribution in [0.5, 0.6) is 0 Å². The number of rotatable bonds is 4. The summed E-state index contributed by atoms with van der Waals surface area (Å²) in [7, 11) is 2.16.